The van der Waals surface area contributed by atoms with Gasteiger partial charge in [-0.25, -0.2) is 14.5 Å². The number of nitrogens with one attached hydrogen (secondary N) is 1. The predicted octanol–water partition coefficient (Wildman–Crippen LogP) is 5.80. The van der Waals surface area contributed by atoms with Crippen molar-refractivity contribution in [3.8, 4) is 11.3 Å². The number of rotatable bonds is 6. The van der Waals surface area contributed by atoms with E-state index >= 15 is 0 Å². The number of carboxylic acids is 1. The van der Waals surface area contributed by atoms with Crippen LogP contribution in [0.4, 0.5) is 5.69 Å². The molecule has 2 N–H and O–H groups in total. The van der Waals surface area contributed by atoms with Crippen molar-refractivity contribution >= 4 is 45.1 Å². The van der Waals surface area contributed by atoms with E-state index in [0.29, 0.717) is 22.8 Å². The van der Waals surface area contributed by atoms with Gasteiger partial charge < -0.3 is 10.4 Å². The van der Waals surface area contributed by atoms with E-state index in [2.05, 4.69) is 21.5 Å². The van der Waals surface area contributed by atoms with E-state index in [1.54, 1.807) is 41.9 Å². The summed E-state index contributed by atoms with van der Waals surface area (Å²) in [5.74, 6) is -0.993. The van der Waals surface area contributed by atoms with Crippen molar-refractivity contribution in [1.29, 1.82) is 0 Å². The van der Waals surface area contributed by atoms with Gasteiger partial charge in [0, 0.05) is 41.4 Å². The molecule has 3 aromatic heterocycles. The number of hydrogen-bond acceptors (Lipinski definition) is 5. The summed E-state index contributed by atoms with van der Waals surface area (Å²) in [6.07, 6.45) is 1.82. The highest BCUT2D eigenvalue weighted by molar-refractivity contribution is 6.29. The third-order valence-corrected chi connectivity index (χ3v) is 6.86. The molecule has 2 aromatic carbocycles. The van der Waals surface area contributed by atoms with Gasteiger partial charge in [-0.15, -0.1) is 0 Å². The number of benzene rings is 2. The second kappa shape index (κ2) is 9.37. The van der Waals surface area contributed by atoms with Gasteiger partial charge >= 0.3 is 5.97 Å². The van der Waals surface area contributed by atoms with Gasteiger partial charge in [-0.1, -0.05) is 29.8 Å². The minimum atomic E-state index is -0.993. The van der Waals surface area contributed by atoms with E-state index < -0.39 is 5.97 Å². The minimum absolute atomic E-state index is 0.0674. The average Bonchev–Trinajstić information content (AvgIpc) is 3.32. The Hall–Kier alpha value is -4.17. The Bertz CT molecular complexity index is 1740. The summed E-state index contributed by atoms with van der Waals surface area (Å²) < 4.78 is 3.50. The second-order valence-electron chi connectivity index (χ2n) is 9.12. The molecule has 5 rings (SSSR count). The molecule has 3 heterocycles. The lowest BCUT2D eigenvalue weighted by Crippen LogP contribution is -2.20. The number of aromatic carboxylic acids is 1. The van der Waals surface area contributed by atoms with Crippen LogP contribution in [-0.2, 0) is 13.6 Å². The van der Waals surface area contributed by atoms with Crippen LogP contribution < -0.4 is 10.9 Å². The molecule has 0 aliphatic heterocycles. The summed E-state index contributed by atoms with van der Waals surface area (Å²) in [6.45, 7) is 6.67. The van der Waals surface area contributed by atoms with Crippen LogP contribution >= 0.6 is 11.6 Å². The highest BCUT2D eigenvalue weighted by Crippen LogP contribution is 2.35. The van der Waals surface area contributed by atoms with E-state index in [-0.39, 0.29) is 17.2 Å². The van der Waals surface area contributed by atoms with Gasteiger partial charge in [-0.2, -0.15) is 5.10 Å². The Morgan fingerprint density at radius 2 is 1.86 bits per heavy atom. The zero-order valence-corrected chi connectivity index (χ0v) is 21.7. The quantitative estimate of drug-likeness (QED) is 0.277. The van der Waals surface area contributed by atoms with Crippen molar-refractivity contribution in [2.75, 3.05) is 5.32 Å². The van der Waals surface area contributed by atoms with E-state index in [4.69, 9.17) is 11.6 Å². The van der Waals surface area contributed by atoms with Crippen molar-refractivity contribution in [3.05, 3.63) is 86.9 Å². The Kier molecular flexibility index (Phi) is 6.21. The van der Waals surface area contributed by atoms with E-state index in [9.17, 15) is 14.7 Å². The first kappa shape index (κ1) is 24.5. The van der Waals surface area contributed by atoms with Crippen LogP contribution in [0.25, 0.3) is 33.1 Å². The number of pyridine rings is 2. The third kappa shape index (κ3) is 4.23. The van der Waals surface area contributed by atoms with Crippen molar-refractivity contribution < 1.29 is 9.90 Å². The second-order valence-corrected chi connectivity index (χ2v) is 9.50. The van der Waals surface area contributed by atoms with Crippen molar-refractivity contribution in [2.24, 2.45) is 7.05 Å². The predicted molar refractivity (Wildman–Crippen MR) is 147 cm³/mol. The topological polar surface area (TPSA) is 102 Å². The summed E-state index contributed by atoms with van der Waals surface area (Å²) >= 11 is 6.24. The zero-order chi connectivity index (χ0) is 26.4. The number of fused-ring (bicyclic) bond motifs is 3. The van der Waals surface area contributed by atoms with Gasteiger partial charge in [-0.3, -0.25) is 9.36 Å². The van der Waals surface area contributed by atoms with Crippen molar-refractivity contribution in [2.45, 2.75) is 33.4 Å². The number of halogens is 1. The molecule has 8 nitrogen and oxygen atoms in total. The molecule has 0 aliphatic rings. The number of carboxylic acid groups (broad SMARTS) is 1. The summed E-state index contributed by atoms with van der Waals surface area (Å²) in [5, 5.41) is 20.1. The van der Waals surface area contributed by atoms with Gasteiger partial charge in [0.1, 0.15) is 10.8 Å². The Labute approximate surface area is 218 Å². The molecule has 0 spiro atoms. The fraction of sp³-hybridized carbons (Fsp3) is 0.214. The number of aromatic nitrogens is 4. The minimum Gasteiger partial charge on any atom is -0.478 e. The van der Waals surface area contributed by atoms with Gasteiger partial charge in [0.25, 0.3) is 5.56 Å². The number of carbonyl (C=O) groups is 1. The van der Waals surface area contributed by atoms with Crippen LogP contribution in [0.5, 0.6) is 0 Å². The third-order valence-electron chi connectivity index (χ3n) is 6.65. The van der Waals surface area contributed by atoms with E-state index in [1.165, 1.54) is 0 Å². The smallest absolute Gasteiger partial charge is 0.335 e. The molecule has 1 unspecified atom stereocenters. The summed E-state index contributed by atoms with van der Waals surface area (Å²) in [4.78, 5) is 29.2. The molecule has 188 valence electrons. The Balaban J connectivity index is 1.65. The molecule has 0 radical (unpaired) electrons. The van der Waals surface area contributed by atoms with Crippen molar-refractivity contribution in [3.63, 3.8) is 0 Å². The zero-order valence-electron chi connectivity index (χ0n) is 20.9. The molecular formula is C28H26ClN5O3. The lowest BCUT2D eigenvalue weighted by atomic mass is 9.95. The molecule has 0 bridgehead atoms. The normalized spacial score (nSPS) is 12.2. The largest absolute Gasteiger partial charge is 0.478 e. The number of anilines is 1. The van der Waals surface area contributed by atoms with E-state index in [1.807, 2.05) is 43.8 Å². The number of aryl methyl sites for hydroxylation is 3. The van der Waals surface area contributed by atoms with E-state index in [0.717, 1.165) is 38.8 Å². The van der Waals surface area contributed by atoms with Crippen LogP contribution in [0.1, 0.15) is 41.4 Å². The molecule has 0 amide bonds. The highest BCUT2D eigenvalue weighted by atomic mass is 35.5. The maximum absolute atomic E-state index is 13.4. The van der Waals surface area contributed by atoms with Crippen LogP contribution in [0.3, 0.4) is 0 Å². The first-order valence-corrected chi connectivity index (χ1v) is 12.3. The van der Waals surface area contributed by atoms with Crippen LogP contribution in [0.2, 0.25) is 5.15 Å². The number of nitrogens with zero attached hydrogens (tertiary/aromatic N) is 4. The summed E-state index contributed by atoms with van der Waals surface area (Å²) in [7, 11) is 1.78. The van der Waals surface area contributed by atoms with Gasteiger partial charge in [0.05, 0.1) is 23.1 Å². The Morgan fingerprint density at radius 3 is 2.54 bits per heavy atom. The van der Waals surface area contributed by atoms with Crippen molar-refractivity contribution in [1.82, 2.24) is 19.3 Å². The summed E-state index contributed by atoms with van der Waals surface area (Å²) in [6, 6.07) is 13.9. The molecule has 0 saturated heterocycles. The fourth-order valence-electron chi connectivity index (χ4n) is 4.90. The van der Waals surface area contributed by atoms with Crippen LogP contribution in [0.15, 0.2) is 59.5 Å². The lowest BCUT2D eigenvalue weighted by molar-refractivity contribution is 0.0697. The molecule has 5 aromatic rings. The average molecular weight is 516 g/mol. The fourth-order valence-corrected chi connectivity index (χ4v) is 5.04. The monoisotopic (exact) mass is 515 g/mol. The lowest BCUT2D eigenvalue weighted by Gasteiger charge is -2.21. The molecular weight excluding hydrogens is 490 g/mol. The summed E-state index contributed by atoms with van der Waals surface area (Å²) in [5.41, 5.74) is 4.93. The Morgan fingerprint density at radius 1 is 1.14 bits per heavy atom. The maximum Gasteiger partial charge on any atom is 0.335 e. The number of hydrogen-bond donors (Lipinski definition) is 2. The molecule has 1 atom stereocenters. The SMILES string of the molecule is CCn1ncc2c3c(C(C)Nc4ccc(Cl)nc4-c4ccc(C(=O)O)cc4)cc(C)cc3c(=O)n(C)c21. The molecule has 0 fully saturated rings. The first-order valence-electron chi connectivity index (χ1n) is 11.9. The highest BCUT2D eigenvalue weighted by Gasteiger charge is 2.20. The molecule has 9 heteroatoms. The van der Waals surface area contributed by atoms with Gasteiger partial charge in [-0.05, 0) is 62.2 Å². The molecule has 37 heavy (non-hydrogen) atoms. The van der Waals surface area contributed by atoms with Crippen LogP contribution in [-0.4, -0.2) is 30.4 Å². The first-order chi connectivity index (χ1) is 17.7. The standard InChI is InChI=1S/C28H26ClN5O3/c1-5-34-26-21(14-30-34)24-19(12-15(2)13-20(24)27(35)33(26)4)16(3)31-22-10-11-23(29)32-25(22)17-6-8-18(9-7-17)28(36)37/h6-14,16,31H,5H2,1-4H3,(H,36,37). The molecule has 0 aliphatic carbocycles. The van der Waals surface area contributed by atoms with Crippen LogP contribution in [0, 0.1) is 6.92 Å². The maximum atomic E-state index is 13.4. The van der Waals surface area contributed by atoms with Gasteiger partial charge in [0.15, 0.2) is 0 Å². The molecule has 0 saturated carbocycles. The van der Waals surface area contributed by atoms with Gasteiger partial charge in [0.2, 0.25) is 0 Å².